The van der Waals surface area contributed by atoms with Crippen molar-refractivity contribution in [1.82, 2.24) is 0 Å². The third kappa shape index (κ3) is 4.82. The minimum absolute atomic E-state index is 0.0944. The Morgan fingerprint density at radius 2 is 1.46 bits per heavy atom. The summed E-state index contributed by atoms with van der Waals surface area (Å²) in [5, 5.41) is 5.12. The Morgan fingerprint density at radius 3 is 2.25 bits per heavy atom. The van der Waals surface area contributed by atoms with Gasteiger partial charge in [-0.3, -0.25) is 0 Å². The number of hydrogen-bond donors (Lipinski definition) is 0. The van der Waals surface area contributed by atoms with Gasteiger partial charge in [0, 0.05) is 47.5 Å². The molecule has 0 saturated heterocycles. The summed E-state index contributed by atoms with van der Waals surface area (Å²) in [6, 6.07) is 39.7. The Bertz CT molecular complexity index is 2340. The van der Waals surface area contributed by atoms with Crippen molar-refractivity contribution in [3.8, 4) is 0 Å². The van der Waals surface area contributed by atoms with Crippen LogP contribution >= 0.6 is 0 Å². The second-order valence-electron chi connectivity index (χ2n) is 13.2. The first-order valence-electron chi connectivity index (χ1n) is 16.9. The maximum atomic E-state index is 3.19. The lowest BCUT2D eigenvalue weighted by atomic mass is 9.95. The van der Waals surface area contributed by atoms with Gasteiger partial charge < -0.3 is 9.80 Å². The molecule has 9 rings (SSSR count). The van der Waals surface area contributed by atoms with E-state index in [-0.39, 0.29) is 5.54 Å². The highest BCUT2D eigenvalue weighted by molar-refractivity contribution is 6.13. The van der Waals surface area contributed by atoms with E-state index in [1.807, 2.05) is 6.08 Å². The van der Waals surface area contributed by atoms with Crippen LogP contribution in [0.25, 0.3) is 32.7 Å². The summed E-state index contributed by atoms with van der Waals surface area (Å²) >= 11 is 0. The molecule has 2 nitrogen and oxygen atoms in total. The van der Waals surface area contributed by atoms with Crippen LogP contribution in [-0.4, -0.2) is 12.6 Å². The Morgan fingerprint density at radius 1 is 0.708 bits per heavy atom. The molecule has 4 aliphatic carbocycles. The number of benzene rings is 5. The molecule has 1 fully saturated rings. The van der Waals surface area contributed by atoms with Crippen LogP contribution in [0.2, 0.25) is 0 Å². The van der Waals surface area contributed by atoms with Gasteiger partial charge in [-0.2, -0.15) is 0 Å². The zero-order valence-electron chi connectivity index (χ0n) is 27.1. The number of hydrogen-bond acceptors (Lipinski definition) is 2. The fraction of sp³-hybridized carbons (Fsp3) is 0.109. The smallest absolute Gasteiger partial charge is 0.0707 e. The summed E-state index contributed by atoms with van der Waals surface area (Å²) in [5.41, 5.74) is 13.0. The van der Waals surface area contributed by atoms with E-state index >= 15 is 0 Å². The topological polar surface area (TPSA) is 6.48 Å². The van der Waals surface area contributed by atoms with E-state index in [0.29, 0.717) is 5.92 Å². The van der Waals surface area contributed by atoms with E-state index < -0.39 is 0 Å². The molecule has 5 aromatic rings. The fourth-order valence-corrected chi connectivity index (χ4v) is 7.76. The summed E-state index contributed by atoms with van der Waals surface area (Å²) in [7, 11) is 2.21. The average molecular weight is 617 g/mol. The number of fused-ring (bicyclic) bond motifs is 4. The van der Waals surface area contributed by atoms with Gasteiger partial charge in [0.2, 0.25) is 0 Å². The average Bonchev–Trinajstić information content (AvgIpc) is 3.72. The van der Waals surface area contributed by atoms with Crippen molar-refractivity contribution in [2.24, 2.45) is 5.92 Å². The van der Waals surface area contributed by atoms with Crippen LogP contribution in [-0.2, 0) is 0 Å². The number of rotatable bonds is 7. The molecular weight excluding hydrogens is 581 g/mol. The van der Waals surface area contributed by atoms with Gasteiger partial charge in [0.05, 0.1) is 5.54 Å². The molecule has 1 saturated carbocycles. The molecule has 2 unspecified atom stereocenters. The van der Waals surface area contributed by atoms with E-state index in [1.165, 1.54) is 66.6 Å². The molecule has 230 valence electrons. The SMILES string of the molecule is CN(C1=CC=C(N(c2ccc(C3=CC=C=C3)cc2)C23C=CC(c4ccccc4)=CC2C3)C=CC1)c1cc2ccccc2c2ccccc12. The van der Waals surface area contributed by atoms with Crippen molar-refractivity contribution in [3.05, 3.63) is 198 Å². The summed E-state index contributed by atoms with van der Waals surface area (Å²) in [6.07, 6.45) is 24.7. The van der Waals surface area contributed by atoms with Gasteiger partial charge in [-0.1, -0.05) is 115 Å². The quantitative estimate of drug-likeness (QED) is 0.133. The molecule has 0 aromatic heterocycles. The Hall–Kier alpha value is -5.82. The lowest BCUT2D eigenvalue weighted by Gasteiger charge is -2.35. The Balaban J connectivity index is 1.10. The third-order valence-electron chi connectivity index (χ3n) is 10.4. The highest BCUT2D eigenvalue weighted by Crippen LogP contribution is 2.57. The number of nitrogens with zero attached hydrogens (tertiary/aromatic N) is 2. The van der Waals surface area contributed by atoms with Crippen LogP contribution in [0.4, 0.5) is 11.4 Å². The first kappa shape index (κ1) is 28.4. The molecule has 0 aliphatic heterocycles. The van der Waals surface area contributed by atoms with E-state index in [2.05, 4.69) is 186 Å². The van der Waals surface area contributed by atoms with Crippen molar-refractivity contribution >= 4 is 44.1 Å². The predicted molar refractivity (Wildman–Crippen MR) is 204 cm³/mol. The highest BCUT2D eigenvalue weighted by Gasteiger charge is 2.57. The molecule has 5 aromatic carbocycles. The molecule has 0 heterocycles. The van der Waals surface area contributed by atoms with Crippen molar-refractivity contribution in [2.75, 3.05) is 16.8 Å². The van der Waals surface area contributed by atoms with E-state index in [9.17, 15) is 0 Å². The molecule has 0 radical (unpaired) electrons. The van der Waals surface area contributed by atoms with Gasteiger partial charge in [-0.15, -0.1) is 5.73 Å². The second-order valence-corrected chi connectivity index (χ2v) is 13.2. The van der Waals surface area contributed by atoms with E-state index in [0.717, 1.165) is 12.8 Å². The Kier molecular flexibility index (Phi) is 6.78. The summed E-state index contributed by atoms with van der Waals surface area (Å²) < 4.78 is 0. The van der Waals surface area contributed by atoms with Gasteiger partial charge in [-0.25, -0.2) is 0 Å². The minimum Gasteiger partial charge on any atom is -0.347 e. The van der Waals surface area contributed by atoms with Crippen molar-refractivity contribution < 1.29 is 0 Å². The minimum atomic E-state index is -0.0944. The molecule has 48 heavy (non-hydrogen) atoms. The second kappa shape index (κ2) is 11.5. The van der Waals surface area contributed by atoms with Gasteiger partial charge in [0.25, 0.3) is 0 Å². The van der Waals surface area contributed by atoms with Gasteiger partial charge >= 0.3 is 0 Å². The summed E-state index contributed by atoms with van der Waals surface area (Å²) in [6.45, 7) is 0. The molecule has 4 aliphatic rings. The van der Waals surface area contributed by atoms with E-state index in [4.69, 9.17) is 0 Å². The zero-order chi connectivity index (χ0) is 32.1. The van der Waals surface area contributed by atoms with Crippen LogP contribution in [0.5, 0.6) is 0 Å². The van der Waals surface area contributed by atoms with Crippen LogP contribution in [0, 0.1) is 5.92 Å². The summed E-state index contributed by atoms with van der Waals surface area (Å²) in [5.74, 6) is 0.440. The van der Waals surface area contributed by atoms with Crippen molar-refractivity contribution in [1.29, 1.82) is 0 Å². The van der Waals surface area contributed by atoms with E-state index in [1.54, 1.807) is 0 Å². The first-order valence-corrected chi connectivity index (χ1v) is 16.9. The number of anilines is 2. The molecular formula is C46H36N2. The monoisotopic (exact) mass is 616 g/mol. The van der Waals surface area contributed by atoms with Crippen LogP contribution in [0.1, 0.15) is 24.0 Å². The highest BCUT2D eigenvalue weighted by atomic mass is 15.3. The number of allylic oxidation sites excluding steroid dienone is 9. The zero-order valence-corrected chi connectivity index (χ0v) is 27.1. The maximum absolute atomic E-state index is 3.19. The predicted octanol–water partition coefficient (Wildman–Crippen LogP) is 11.2. The van der Waals surface area contributed by atoms with Crippen LogP contribution in [0.3, 0.4) is 0 Å². The molecule has 0 spiro atoms. The lowest BCUT2D eigenvalue weighted by molar-refractivity contribution is 0.730. The normalized spacial score (nSPS) is 20.6. The van der Waals surface area contributed by atoms with Gasteiger partial charge in [0.1, 0.15) is 0 Å². The Labute approximate surface area is 282 Å². The lowest BCUT2D eigenvalue weighted by Crippen LogP contribution is -2.37. The van der Waals surface area contributed by atoms with Gasteiger partial charge in [0.15, 0.2) is 0 Å². The molecule has 0 N–H and O–H groups in total. The standard InChI is InChI=1S/C46H36N2/c1-47(45-31-37-16-7-8-19-42(37)43-20-9-10-21-44(43)45)39-17-11-18-40(27-26-39)48(41-24-22-35(23-25-41)33-14-5-6-15-33)46-29-28-36(30-38(46)32-46)34-12-3-2-4-13-34/h2-5,7-16,18-31,38H,17,32H2,1H3. The van der Waals surface area contributed by atoms with Gasteiger partial charge in [-0.05, 0) is 99.5 Å². The molecule has 2 atom stereocenters. The first-order chi connectivity index (χ1) is 23.7. The fourth-order valence-electron chi connectivity index (χ4n) is 7.76. The molecule has 2 heteroatoms. The van der Waals surface area contributed by atoms with Crippen molar-refractivity contribution in [3.63, 3.8) is 0 Å². The largest absolute Gasteiger partial charge is 0.347 e. The van der Waals surface area contributed by atoms with Crippen LogP contribution in [0.15, 0.2) is 187 Å². The van der Waals surface area contributed by atoms with Crippen LogP contribution < -0.4 is 9.80 Å². The third-order valence-corrected chi connectivity index (χ3v) is 10.4. The molecule has 0 amide bonds. The molecule has 0 bridgehead atoms. The maximum Gasteiger partial charge on any atom is 0.0707 e. The summed E-state index contributed by atoms with van der Waals surface area (Å²) in [4.78, 5) is 4.96. The van der Waals surface area contributed by atoms with Crippen molar-refractivity contribution in [2.45, 2.75) is 18.4 Å².